The standard InChI is InChI=1S/C14H22N4O2/c19-14(17-11-4-2-1-3-5-11)16-8-12-9-18-7-6-15-13(18)10-20-12/h6-7,11-12H,1-5,8-10H2,(H2,16,17,19). The lowest BCUT2D eigenvalue weighted by atomic mass is 9.96. The fraction of sp³-hybridized carbons (Fsp3) is 0.714. The number of nitrogens with zero attached hydrogens (tertiary/aromatic N) is 2. The Labute approximate surface area is 118 Å². The second-order valence-corrected chi connectivity index (χ2v) is 5.62. The molecule has 0 radical (unpaired) electrons. The maximum absolute atomic E-state index is 11.9. The van der Waals surface area contributed by atoms with Gasteiger partial charge in [0, 0.05) is 25.0 Å². The summed E-state index contributed by atoms with van der Waals surface area (Å²) in [5.74, 6) is 0.952. The summed E-state index contributed by atoms with van der Waals surface area (Å²) >= 11 is 0. The fourth-order valence-electron chi connectivity index (χ4n) is 2.92. The van der Waals surface area contributed by atoms with Gasteiger partial charge in [0.1, 0.15) is 12.4 Å². The van der Waals surface area contributed by atoms with Crippen LogP contribution in [0.15, 0.2) is 12.4 Å². The van der Waals surface area contributed by atoms with E-state index < -0.39 is 0 Å². The van der Waals surface area contributed by atoms with Crippen LogP contribution in [0.1, 0.15) is 37.9 Å². The second kappa shape index (κ2) is 6.26. The number of rotatable bonds is 3. The zero-order chi connectivity index (χ0) is 13.8. The first-order chi connectivity index (χ1) is 9.81. The number of nitrogens with one attached hydrogen (secondary N) is 2. The number of carbonyl (C=O) groups is 1. The van der Waals surface area contributed by atoms with Crippen molar-refractivity contribution in [3.63, 3.8) is 0 Å². The number of urea groups is 1. The Kier molecular flexibility index (Phi) is 4.20. The smallest absolute Gasteiger partial charge is 0.315 e. The first kappa shape index (κ1) is 13.4. The summed E-state index contributed by atoms with van der Waals surface area (Å²) in [6.45, 7) is 1.80. The van der Waals surface area contributed by atoms with Gasteiger partial charge in [-0.1, -0.05) is 19.3 Å². The van der Waals surface area contributed by atoms with Crippen molar-refractivity contribution in [2.24, 2.45) is 0 Å². The summed E-state index contributed by atoms with van der Waals surface area (Å²) in [5.41, 5.74) is 0. The van der Waals surface area contributed by atoms with E-state index in [2.05, 4.69) is 20.2 Å². The van der Waals surface area contributed by atoms with Crippen LogP contribution in [0.25, 0.3) is 0 Å². The monoisotopic (exact) mass is 278 g/mol. The molecule has 2 aliphatic rings. The third-order valence-corrected chi connectivity index (χ3v) is 4.08. The number of carbonyl (C=O) groups excluding carboxylic acids is 1. The van der Waals surface area contributed by atoms with Crippen LogP contribution in [0.2, 0.25) is 0 Å². The van der Waals surface area contributed by atoms with Crippen LogP contribution in [0.4, 0.5) is 4.79 Å². The van der Waals surface area contributed by atoms with Gasteiger partial charge in [0.2, 0.25) is 0 Å². The molecule has 1 aromatic heterocycles. The third-order valence-electron chi connectivity index (χ3n) is 4.08. The summed E-state index contributed by atoms with van der Waals surface area (Å²) in [6.07, 6.45) is 9.70. The van der Waals surface area contributed by atoms with E-state index >= 15 is 0 Å². The largest absolute Gasteiger partial charge is 0.367 e. The molecular weight excluding hydrogens is 256 g/mol. The van der Waals surface area contributed by atoms with Crippen LogP contribution in [-0.2, 0) is 17.9 Å². The summed E-state index contributed by atoms with van der Waals surface area (Å²) in [6, 6.07) is 0.271. The molecule has 2 heterocycles. The highest BCUT2D eigenvalue weighted by molar-refractivity contribution is 5.74. The molecule has 6 nitrogen and oxygen atoms in total. The van der Waals surface area contributed by atoms with Crippen molar-refractivity contribution in [2.45, 2.75) is 57.4 Å². The molecule has 2 N–H and O–H groups in total. The normalized spacial score (nSPS) is 23.1. The second-order valence-electron chi connectivity index (χ2n) is 5.62. The molecule has 1 aromatic rings. The van der Waals surface area contributed by atoms with Gasteiger partial charge in [0.25, 0.3) is 0 Å². The van der Waals surface area contributed by atoms with Crippen molar-refractivity contribution in [3.05, 3.63) is 18.2 Å². The maximum Gasteiger partial charge on any atom is 0.315 e. The highest BCUT2D eigenvalue weighted by atomic mass is 16.5. The maximum atomic E-state index is 11.9. The molecule has 6 heteroatoms. The predicted octanol–water partition coefficient (Wildman–Crippen LogP) is 1.41. The lowest BCUT2D eigenvalue weighted by Crippen LogP contribution is -2.46. The molecule has 1 aliphatic carbocycles. The van der Waals surface area contributed by atoms with Gasteiger partial charge in [0.05, 0.1) is 12.6 Å². The number of imidazole rings is 1. The molecule has 1 aliphatic heterocycles. The Hall–Kier alpha value is -1.56. The van der Waals surface area contributed by atoms with Gasteiger partial charge in [-0.3, -0.25) is 0 Å². The van der Waals surface area contributed by atoms with E-state index in [0.717, 1.165) is 25.2 Å². The van der Waals surface area contributed by atoms with E-state index in [0.29, 0.717) is 19.2 Å². The summed E-state index contributed by atoms with van der Waals surface area (Å²) in [7, 11) is 0. The number of fused-ring (bicyclic) bond motifs is 1. The molecular formula is C14H22N4O2. The average Bonchev–Trinajstić information content (AvgIpc) is 2.93. The highest BCUT2D eigenvalue weighted by Crippen LogP contribution is 2.17. The molecule has 1 fully saturated rings. The quantitative estimate of drug-likeness (QED) is 0.878. The minimum Gasteiger partial charge on any atom is -0.367 e. The van der Waals surface area contributed by atoms with E-state index in [9.17, 15) is 4.79 Å². The fourth-order valence-corrected chi connectivity index (χ4v) is 2.92. The van der Waals surface area contributed by atoms with E-state index in [1.165, 1.54) is 19.3 Å². The van der Waals surface area contributed by atoms with Gasteiger partial charge in [-0.2, -0.15) is 0 Å². The van der Waals surface area contributed by atoms with Gasteiger partial charge >= 0.3 is 6.03 Å². The van der Waals surface area contributed by atoms with Gasteiger partial charge in [0.15, 0.2) is 0 Å². The zero-order valence-electron chi connectivity index (χ0n) is 11.7. The minimum atomic E-state index is -0.0723. The first-order valence-electron chi connectivity index (χ1n) is 7.47. The minimum absolute atomic E-state index is 0.0220. The number of ether oxygens (including phenoxy) is 1. The molecule has 0 bridgehead atoms. The Morgan fingerprint density at radius 2 is 2.25 bits per heavy atom. The van der Waals surface area contributed by atoms with Crippen molar-refractivity contribution < 1.29 is 9.53 Å². The predicted molar refractivity (Wildman–Crippen MR) is 74.2 cm³/mol. The van der Waals surface area contributed by atoms with Crippen LogP contribution in [0, 0.1) is 0 Å². The number of aromatic nitrogens is 2. The summed E-state index contributed by atoms with van der Waals surface area (Å²) < 4.78 is 7.76. The van der Waals surface area contributed by atoms with Gasteiger partial charge < -0.3 is 19.9 Å². The Morgan fingerprint density at radius 3 is 3.10 bits per heavy atom. The van der Waals surface area contributed by atoms with Crippen molar-refractivity contribution in [1.82, 2.24) is 20.2 Å². The van der Waals surface area contributed by atoms with Crippen molar-refractivity contribution in [2.75, 3.05) is 6.54 Å². The van der Waals surface area contributed by atoms with E-state index in [-0.39, 0.29) is 12.1 Å². The third kappa shape index (κ3) is 3.30. The molecule has 1 unspecified atom stereocenters. The average molecular weight is 278 g/mol. The zero-order valence-corrected chi connectivity index (χ0v) is 11.7. The van der Waals surface area contributed by atoms with Crippen molar-refractivity contribution in [3.8, 4) is 0 Å². The molecule has 1 atom stereocenters. The number of hydrogen-bond acceptors (Lipinski definition) is 3. The Morgan fingerprint density at radius 1 is 1.40 bits per heavy atom. The van der Waals surface area contributed by atoms with Gasteiger partial charge in [-0.25, -0.2) is 9.78 Å². The summed E-state index contributed by atoms with van der Waals surface area (Å²) in [5, 5.41) is 5.96. The van der Waals surface area contributed by atoms with E-state index in [4.69, 9.17) is 4.74 Å². The molecule has 110 valence electrons. The lowest BCUT2D eigenvalue weighted by Gasteiger charge is -2.26. The number of amides is 2. The Bertz CT molecular complexity index is 454. The van der Waals surface area contributed by atoms with Gasteiger partial charge in [-0.05, 0) is 12.8 Å². The molecule has 0 saturated heterocycles. The molecule has 0 aromatic carbocycles. The van der Waals surface area contributed by atoms with Crippen LogP contribution in [0.5, 0.6) is 0 Å². The van der Waals surface area contributed by atoms with E-state index in [1.807, 2.05) is 6.20 Å². The van der Waals surface area contributed by atoms with Crippen LogP contribution < -0.4 is 10.6 Å². The molecule has 3 rings (SSSR count). The molecule has 20 heavy (non-hydrogen) atoms. The first-order valence-corrected chi connectivity index (χ1v) is 7.47. The molecule has 0 spiro atoms. The van der Waals surface area contributed by atoms with Gasteiger partial charge in [-0.15, -0.1) is 0 Å². The molecule has 1 saturated carbocycles. The SMILES string of the molecule is O=C(NCC1Cn2ccnc2CO1)NC1CCCCC1. The van der Waals surface area contributed by atoms with Crippen LogP contribution in [-0.4, -0.2) is 34.3 Å². The van der Waals surface area contributed by atoms with Crippen molar-refractivity contribution in [1.29, 1.82) is 0 Å². The number of hydrogen-bond donors (Lipinski definition) is 2. The van der Waals surface area contributed by atoms with Crippen LogP contribution in [0.3, 0.4) is 0 Å². The lowest BCUT2D eigenvalue weighted by molar-refractivity contribution is 0.00438. The summed E-state index contributed by atoms with van der Waals surface area (Å²) in [4.78, 5) is 16.1. The molecule has 2 amide bonds. The van der Waals surface area contributed by atoms with Crippen molar-refractivity contribution >= 4 is 6.03 Å². The van der Waals surface area contributed by atoms with E-state index in [1.54, 1.807) is 6.20 Å². The topological polar surface area (TPSA) is 68.2 Å². The van der Waals surface area contributed by atoms with Crippen LogP contribution >= 0.6 is 0 Å². The highest BCUT2D eigenvalue weighted by Gasteiger charge is 2.20. The Balaban J connectivity index is 1.40.